The number of ether oxygens (including phenoxy) is 1. The van der Waals surface area contributed by atoms with Crippen LogP contribution in [0, 0.1) is 0 Å². The highest BCUT2D eigenvalue weighted by atomic mass is 32.2. The quantitative estimate of drug-likeness (QED) is 0.398. The zero-order valence-corrected chi connectivity index (χ0v) is 18.2. The first-order valence-electron chi connectivity index (χ1n) is 9.57. The number of nitrogens with zero attached hydrogens (tertiary/aromatic N) is 3. The molecular formula is C22H22N4O2S2. The van der Waals surface area contributed by atoms with Crippen molar-refractivity contribution in [3.8, 4) is 0 Å². The highest BCUT2D eigenvalue weighted by molar-refractivity contribution is 7.99. The molecule has 0 saturated carbocycles. The van der Waals surface area contributed by atoms with Crippen molar-refractivity contribution >= 4 is 40.0 Å². The van der Waals surface area contributed by atoms with Crippen LogP contribution in [0.4, 0.5) is 0 Å². The second-order valence-corrected chi connectivity index (χ2v) is 8.47. The molecule has 4 aromatic rings. The average Bonchev–Trinajstić information content (AvgIpc) is 3.43. The lowest BCUT2D eigenvalue weighted by molar-refractivity contribution is -0.119. The number of para-hydroxylation sites is 2. The molecule has 0 radical (unpaired) electrons. The van der Waals surface area contributed by atoms with E-state index in [0.717, 1.165) is 26.8 Å². The van der Waals surface area contributed by atoms with Gasteiger partial charge in [-0.05, 0) is 17.7 Å². The molecule has 0 aliphatic heterocycles. The second-order valence-electron chi connectivity index (χ2n) is 6.60. The van der Waals surface area contributed by atoms with Crippen molar-refractivity contribution in [2.75, 3.05) is 19.5 Å². The molecular weight excluding hydrogens is 416 g/mol. The van der Waals surface area contributed by atoms with Crippen LogP contribution in [0.25, 0.3) is 11.0 Å². The van der Waals surface area contributed by atoms with E-state index in [1.807, 2.05) is 60.0 Å². The molecule has 4 rings (SSSR count). The van der Waals surface area contributed by atoms with Crippen LogP contribution in [0.15, 0.2) is 71.3 Å². The van der Waals surface area contributed by atoms with Crippen LogP contribution in [0.1, 0.15) is 16.6 Å². The third kappa shape index (κ3) is 4.72. The van der Waals surface area contributed by atoms with E-state index in [1.54, 1.807) is 13.3 Å². The Morgan fingerprint density at radius 1 is 1.20 bits per heavy atom. The highest BCUT2D eigenvalue weighted by Crippen LogP contribution is 2.26. The van der Waals surface area contributed by atoms with E-state index >= 15 is 0 Å². The molecule has 30 heavy (non-hydrogen) atoms. The number of amides is 1. The summed E-state index contributed by atoms with van der Waals surface area (Å²) in [5, 5.41) is 6.73. The molecule has 0 saturated heterocycles. The normalized spacial score (nSPS) is 12.2. The summed E-state index contributed by atoms with van der Waals surface area (Å²) in [5.41, 5.74) is 2.97. The lowest BCUT2D eigenvalue weighted by Crippen LogP contribution is -2.30. The number of thioether (sulfide) groups is 1. The van der Waals surface area contributed by atoms with Crippen LogP contribution in [-0.4, -0.2) is 39.9 Å². The molecule has 0 fully saturated rings. The Bertz CT molecular complexity index is 1100. The highest BCUT2D eigenvalue weighted by Gasteiger charge is 2.20. The molecule has 2 heterocycles. The maximum Gasteiger partial charge on any atom is 0.231 e. The summed E-state index contributed by atoms with van der Waals surface area (Å²) in [6.45, 7) is 1.27. The van der Waals surface area contributed by atoms with Gasteiger partial charge in [0.25, 0.3) is 0 Å². The molecule has 0 aliphatic rings. The summed E-state index contributed by atoms with van der Waals surface area (Å²) in [5.74, 6) is 0.208. The number of aromatic nitrogens is 3. The maximum atomic E-state index is 12.8. The van der Waals surface area contributed by atoms with Crippen molar-refractivity contribution in [1.29, 1.82) is 0 Å². The van der Waals surface area contributed by atoms with Gasteiger partial charge in [-0.25, -0.2) is 9.97 Å². The number of carbonyl (C=O) groups is 1. The van der Waals surface area contributed by atoms with Crippen LogP contribution in [0.2, 0.25) is 0 Å². The summed E-state index contributed by atoms with van der Waals surface area (Å²) >= 11 is 2.97. The summed E-state index contributed by atoms with van der Waals surface area (Å²) in [6.07, 6.45) is 1.76. The van der Waals surface area contributed by atoms with E-state index in [9.17, 15) is 4.79 Å². The zero-order chi connectivity index (χ0) is 20.8. The fraction of sp³-hybridized carbons (Fsp3) is 0.227. The van der Waals surface area contributed by atoms with Gasteiger partial charge in [-0.2, -0.15) is 0 Å². The number of fused-ring (bicyclic) bond motifs is 1. The molecule has 1 unspecified atom stereocenters. The summed E-state index contributed by atoms with van der Waals surface area (Å²) in [7, 11) is 1.68. The molecule has 1 amide bonds. The van der Waals surface area contributed by atoms with Crippen molar-refractivity contribution < 1.29 is 9.53 Å². The van der Waals surface area contributed by atoms with Crippen molar-refractivity contribution in [3.63, 3.8) is 0 Å². The number of nitrogens with one attached hydrogen (secondary N) is 1. The Morgan fingerprint density at radius 3 is 2.77 bits per heavy atom. The number of imidazole rings is 1. The Balaban J connectivity index is 1.49. The Hall–Kier alpha value is -2.68. The molecule has 0 spiro atoms. The predicted octanol–water partition coefficient (Wildman–Crippen LogP) is 4.14. The summed E-state index contributed by atoms with van der Waals surface area (Å²) in [4.78, 5) is 21.9. The molecule has 154 valence electrons. The second kappa shape index (κ2) is 9.88. The third-order valence-corrected chi connectivity index (χ3v) is 6.42. The molecule has 0 bridgehead atoms. The average molecular weight is 439 g/mol. The molecule has 2 aromatic carbocycles. The summed E-state index contributed by atoms with van der Waals surface area (Å²) in [6, 6.07) is 17.6. The van der Waals surface area contributed by atoms with E-state index in [1.165, 1.54) is 23.1 Å². The Labute approximate surface area is 183 Å². The number of rotatable bonds is 9. The number of carbonyl (C=O) groups excluding carboxylic acids is 1. The minimum absolute atomic E-state index is 0.0607. The van der Waals surface area contributed by atoms with Crippen molar-refractivity contribution in [1.82, 2.24) is 19.9 Å². The smallest absolute Gasteiger partial charge is 0.231 e. The number of hydrogen-bond acceptors (Lipinski definition) is 6. The van der Waals surface area contributed by atoms with Crippen LogP contribution in [0.3, 0.4) is 0 Å². The van der Waals surface area contributed by atoms with Crippen molar-refractivity contribution in [2.24, 2.45) is 0 Å². The molecule has 2 aromatic heterocycles. The monoisotopic (exact) mass is 438 g/mol. The van der Waals surface area contributed by atoms with Gasteiger partial charge < -0.3 is 14.6 Å². The van der Waals surface area contributed by atoms with Gasteiger partial charge in [-0.15, -0.1) is 11.3 Å². The molecule has 6 nitrogen and oxygen atoms in total. The predicted molar refractivity (Wildman–Crippen MR) is 121 cm³/mol. The molecule has 1 N–H and O–H groups in total. The van der Waals surface area contributed by atoms with Gasteiger partial charge in [-0.1, -0.05) is 54.2 Å². The standard InChI is InChI=1S/C22H22N4O2S2/c1-28-13-12-26-18-10-6-5-9-17(18)24-22(26)30-15-19(27)25-20(21-23-11-14-29-21)16-7-3-2-4-8-16/h2-11,14,20H,12-13,15H2,1H3,(H,25,27). The van der Waals surface area contributed by atoms with Gasteiger partial charge in [0.1, 0.15) is 11.0 Å². The minimum Gasteiger partial charge on any atom is -0.383 e. The molecule has 1 atom stereocenters. The number of methoxy groups -OCH3 is 1. The van der Waals surface area contributed by atoms with Gasteiger partial charge in [-0.3, -0.25) is 4.79 Å². The topological polar surface area (TPSA) is 69.0 Å². The van der Waals surface area contributed by atoms with Crippen LogP contribution in [0.5, 0.6) is 0 Å². The Morgan fingerprint density at radius 2 is 2.00 bits per heavy atom. The van der Waals surface area contributed by atoms with Gasteiger partial charge in [0.15, 0.2) is 5.16 Å². The fourth-order valence-corrected chi connectivity index (χ4v) is 4.77. The Kier molecular flexibility index (Phi) is 6.78. The van der Waals surface area contributed by atoms with Gasteiger partial charge in [0, 0.05) is 25.2 Å². The lowest BCUT2D eigenvalue weighted by Gasteiger charge is -2.17. The number of thiazole rings is 1. The van der Waals surface area contributed by atoms with Gasteiger partial charge in [0.05, 0.1) is 23.4 Å². The fourth-order valence-electron chi connectivity index (χ4n) is 3.21. The van der Waals surface area contributed by atoms with Crippen LogP contribution in [-0.2, 0) is 16.1 Å². The summed E-state index contributed by atoms with van der Waals surface area (Å²) < 4.78 is 7.35. The van der Waals surface area contributed by atoms with E-state index in [2.05, 4.69) is 14.9 Å². The molecule has 0 aliphatic carbocycles. The van der Waals surface area contributed by atoms with Crippen LogP contribution >= 0.6 is 23.1 Å². The van der Waals surface area contributed by atoms with Gasteiger partial charge in [0.2, 0.25) is 5.91 Å². The maximum absolute atomic E-state index is 12.8. The zero-order valence-electron chi connectivity index (χ0n) is 16.5. The van der Waals surface area contributed by atoms with E-state index < -0.39 is 0 Å². The first-order chi connectivity index (χ1) is 14.8. The van der Waals surface area contributed by atoms with E-state index in [0.29, 0.717) is 13.2 Å². The number of benzene rings is 2. The SMILES string of the molecule is COCCn1c(SCC(=O)NC(c2ccccc2)c2nccs2)nc2ccccc21. The van der Waals surface area contributed by atoms with E-state index in [4.69, 9.17) is 9.72 Å². The first kappa shape index (κ1) is 20.6. The van der Waals surface area contributed by atoms with Crippen LogP contribution < -0.4 is 5.32 Å². The van der Waals surface area contributed by atoms with Crippen molar-refractivity contribution in [3.05, 3.63) is 76.7 Å². The van der Waals surface area contributed by atoms with Crippen molar-refractivity contribution in [2.45, 2.75) is 17.7 Å². The first-order valence-corrected chi connectivity index (χ1v) is 11.4. The van der Waals surface area contributed by atoms with Gasteiger partial charge >= 0.3 is 0 Å². The number of hydrogen-bond donors (Lipinski definition) is 1. The largest absolute Gasteiger partial charge is 0.383 e. The van der Waals surface area contributed by atoms with E-state index in [-0.39, 0.29) is 17.7 Å². The molecule has 8 heteroatoms. The third-order valence-electron chi connectivity index (χ3n) is 4.61. The lowest BCUT2D eigenvalue weighted by atomic mass is 10.1. The minimum atomic E-state index is -0.258.